The fraction of sp³-hybridized carbons (Fsp3) is 0.500. The normalized spacial score (nSPS) is 40.1. The minimum atomic E-state index is -1.07. The molecule has 3 fully saturated rings. The van der Waals surface area contributed by atoms with Gasteiger partial charge in [-0.05, 0) is 61.1 Å². The third kappa shape index (κ3) is 1.72. The van der Waals surface area contributed by atoms with E-state index in [4.69, 9.17) is 20.7 Å². The van der Waals surface area contributed by atoms with Crippen LogP contribution < -0.4 is 9.47 Å². The minimum absolute atomic E-state index is 0.125. The molecule has 1 aromatic rings. The summed E-state index contributed by atoms with van der Waals surface area (Å²) >= 11 is 5.34. The second kappa shape index (κ2) is 5.34. The molecule has 4 aliphatic rings. The first-order valence-electron chi connectivity index (χ1n) is 8.73. The Morgan fingerprint density at radius 2 is 2.00 bits per heavy atom. The fourth-order valence-electron chi connectivity index (χ4n) is 5.05. The standard InChI is InChI=1S/C18H17N3O4S3/c1-16(8-19)7-18-15(23)20(3)17(2,28(18)27-26)14(22)21(18)13(16)10-4-5-11-12(6-10)25-9-24-11/h4-6,13H,7,9H2,1-3H3/t13-,16+,17+,18?,28-/m0/s1. The molecule has 4 heterocycles. The lowest BCUT2D eigenvalue weighted by molar-refractivity contribution is -0.159. The summed E-state index contributed by atoms with van der Waals surface area (Å²) in [6.07, 6.45) is 0.271. The first-order chi connectivity index (χ1) is 13.3. The zero-order valence-corrected chi connectivity index (χ0v) is 17.9. The van der Waals surface area contributed by atoms with Crippen LogP contribution in [0.15, 0.2) is 18.2 Å². The molecule has 28 heavy (non-hydrogen) atoms. The third-order valence-electron chi connectivity index (χ3n) is 6.46. The van der Waals surface area contributed by atoms with Crippen molar-refractivity contribution in [1.82, 2.24) is 9.80 Å². The maximum Gasteiger partial charge on any atom is 0.261 e. The highest BCUT2D eigenvalue weighted by atomic mass is 33.1. The van der Waals surface area contributed by atoms with E-state index in [2.05, 4.69) is 6.07 Å². The number of hydrogen-bond donors (Lipinski definition) is 0. The lowest BCUT2D eigenvalue weighted by atomic mass is 9.79. The summed E-state index contributed by atoms with van der Waals surface area (Å²) in [6.45, 7) is 3.76. The van der Waals surface area contributed by atoms with Gasteiger partial charge >= 0.3 is 0 Å². The molecular weight excluding hydrogens is 418 g/mol. The predicted octanol–water partition coefficient (Wildman–Crippen LogP) is 1.19. The van der Waals surface area contributed by atoms with Crippen LogP contribution in [0.4, 0.5) is 0 Å². The topological polar surface area (TPSA) is 82.9 Å². The van der Waals surface area contributed by atoms with Gasteiger partial charge in [0.05, 0.1) is 17.5 Å². The third-order valence-corrected chi connectivity index (χ3v) is 12.3. The highest BCUT2D eigenvalue weighted by Gasteiger charge is 2.80. The Hall–Kier alpha value is -1.96. The number of carbonyl (C=O) groups excluding carboxylic acids is 2. The lowest BCUT2D eigenvalue weighted by Crippen LogP contribution is -2.60. The first-order valence-corrected chi connectivity index (χ1v) is 12.2. The number of nitrogens with zero attached hydrogens (tertiary/aromatic N) is 3. The van der Waals surface area contributed by atoms with Crippen LogP contribution in [0, 0.1) is 16.7 Å². The molecule has 0 aliphatic carbocycles. The molecule has 4 aliphatic heterocycles. The van der Waals surface area contributed by atoms with Gasteiger partial charge in [0, 0.05) is 13.5 Å². The van der Waals surface area contributed by atoms with Crippen molar-refractivity contribution in [3.8, 4) is 17.6 Å². The molecule has 2 amide bonds. The summed E-state index contributed by atoms with van der Waals surface area (Å²) in [5, 5.41) is 10.1. The summed E-state index contributed by atoms with van der Waals surface area (Å²) in [5.74, 6) is 0.951. The summed E-state index contributed by atoms with van der Waals surface area (Å²) in [4.78, 5) is 28.2. The molecule has 0 aromatic heterocycles. The highest BCUT2D eigenvalue weighted by molar-refractivity contribution is 8.49. The number of rotatable bonds is 1. The molecule has 1 unspecified atom stereocenters. The van der Waals surface area contributed by atoms with Crippen molar-refractivity contribution in [2.75, 3.05) is 13.8 Å². The van der Waals surface area contributed by atoms with Gasteiger partial charge in [-0.2, -0.15) is 5.26 Å². The molecule has 5 atom stereocenters. The Labute approximate surface area is 172 Å². The molecule has 10 heteroatoms. The van der Waals surface area contributed by atoms with Crippen LogP contribution in [-0.2, 0) is 39.1 Å². The van der Waals surface area contributed by atoms with Crippen molar-refractivity contribution in [3.63, 3.8) is 0 Å². The number of nitriles is 1. The van der Waals surface area contributed by atoms with E-state index in [1.54, 1.807) is 24.9 Å². The van der Waals surface area contributed by atoms with Crippen LogP contribution in [0.1, 0.15) is 31.9 Å². The Kier molecular flexibility index (Phi) is 3.45. The SMILES string of the molecule is CN1C(=O)C23C[C@](C)(C#N)[C@H](c4ccc5c(c4)OCO5)N2C(=O)[C@@]1(C)[S@@]3=S=S. The monoisotopic (exact) mass is 435 g/mol. The maximum absolute atomic E-state index is 13.6. The average molecular weight is 436 g/mol. The summed E-state index contributed by atoms with van der Waals surface area (Å²) in [6, 6.07) is 7.29. The molecule has 7 nitrogen and oxygen atoms in total. The van der Waals surface area contributed by atoms with Gasteiger partial charge in [-0.25, -0.2) is 0 Å². The van der Waals surface area contributed by atoms with Crippen molar-refractivity contribution in [2.45, 2.75) is 36.1 Å². The molecular formula is C18H17N3O4S3. The van der Waals surface area contributed by atoms with Crippen molar-refractivity contribution in [3.05, 3.63) is 23.8 Å². The maximum atomic E-state index is 13.6. The highest BCUT2D eigenvalue weighted by Crippen LogP contribution is 2.65. The van der Waals surface area contributed by atoms with Crippen LogP contribution >= 0.6 is 0 Å². The number of benzene rings is 1. The van der Waals surface area contributed by atoms with Gasteiger partial charge in [0.15, 0.2) is 21.2 Å². The summed E-state index contributed by atoms with van der Waals surface area (Å²) in [7, 11) is 2.05. The Morgan fingerprint density at radius 1 is 1.29 bits per heavy atom. The van der Waals surface area contributed by atoms with Crippen molar-refractivity contribution in [1.29, 1.82) is 5.26 Å². The van der Waals surface area contributed by atoms with E-state index in [9.17, 15) is 14.9 Å². The van der Waals surface area contributed by atoms with E-state index in [0.29, 0.717) is 11.5 Å². The molecule has 3 saturated heterocycles. The van der Waals surface area contributed by atoms with E-state index in [1.807, 2.05) is 19.1 Å². The quantitative estimate of drug-likeness (QED) is 0.659. The second-order valence-electron chi connectivity index (χ2n) is 7.86. The Bertz CT molecular complexity index is 1080. The van der Waals surface area contributed by atoms with Crippen molar-refractivity contribution >= 4 is 41.3 Å². The molecule has 1 aromatic carbocycles. The number of ether oxygens (including phenoxy) is 2. The largest absolute Gasteiger partial charge is 0.454 e. The van der Waals surface area contributed by atoms with Crippen LogP contribution in [0.2, 0.25) is 0 Å². The van der Waals surface area contributed by atoms with Gasteiger partial charge in [0.1, 0.15) is 0 Å². The van der Waals surface area contributed by atoms with E-state index in [1.165, 1.54) is 4.90 Å². The van der Waals surface area contributed by atoms with Gasteiger partial charge in [0.2, 0.25) is 6.79 Å². The molecule has 5 rings (SSSR count). The van der Waals surface area contributed by atoms with Crippen LogP contribution in [0.3, 0.4) is 0 Å². The van der Waals surface area contributed by atoms with Crippen LogP contribution in [-0.4, -0.2) is 45.2 Å². The van der Waals surface area contributed by atoms with E-state index < -0.39 is 30.7 Å². The number of carbonyl (C=O) groups is 2. The van der Waals surface area contributed by atoms with Gasteiger partial charge in [0.25, 0.3) is 11.8 Å². The van der Waals surface area contributed by atoms with Crippen molar-refractivity contribution < 1.29 is 19.1 Å². The lowest BCUT2D eigenvalue weighted by Gasteiger charge is -2.39. The van der Waals surface area contributed by atoms with Gasteiger partial charge in [-0.15, -0.1) is 0 Å². The van der Waals surface area contributed by atoms with E-state index in [-0.39, 0.29) is 25.0 Å². The van der Waals surface area contributed by atoms with Gasteiger partial charge in [-0.1, -0.05) is 6.07 Å². The number of amides is 2. The fourth-order valence-corrected chi connectivity index (χ4v) is 11.8. The van der Waals surface area contributed by atoms with Gasteiger partial charge < -0.3 is 19.3 Å². The summed E-state index contributed by atoms with van der Waals surface area (Å²) < 4.78 is 10.9. The molecule has 0 radical (unpaired) electrons. The average Bonchev–Trinajstić information content (AvgIpc) is 3.34. The van der Waals surface area contributed by atoms with E-state index >= 15 is 0 Å². The minimum Gasteiger partial charge on any atom is -0.454 e. The van der Waals surface area contributed by atoms with E-state index in [0.717, 1.165) is 14.4 Å². The van der Waals surface area contributed by atoms with Crippen LogP contribution in [0.5, 0.6) is 11.5 Å². The molecule has 0 N–H and O–H groups in total. The predicted molar refractivity (Wildman–Crippen MR) is 106 cm³/mol. The number of piperazine rings is 1. The zero-order valence-electron chi connectivity index (χ0n) is 15.4. The zero-order chi connectivity index (χ0) is 20.1. The Morgan fingerprint density at radius 3 is 2.68 bits per heavy atom. The summed E-state index contributed by atoms with van der Waals surface area (Å²) in [5.41, 5.74) is -0.162. The molecule has 1 spiro atoms. The second-order valence-corrected chi connectivity index (χ2v) is 12.6. The molecule has 0 saturated carbocycles. The Balaban J connectivity index is 1.76. The number of likely N-dealkylation sites (N-methyl/N-ethyl adjacent to an activating group) is 1. The van der Waals surface area contributed by atoms with Crippen LogP contribution in [0.25, 0.3) is 0 Å². The number of hydrogen-bond acceptors (Lipinski definition) is 6. The number of fused-ring (bicyclic) bond motifs is 2. The molecule has 146 valence electrons. The smallest absolute Gasteiger partial charge is 0.261 e. The first kappa shape index (κ1) is 18.1. The molecule has 2 bridgehead atoms. The van der Waals surface area contributed by atoms with Gasteiger partial charge in [-0.3, -0.25) is 9.59 Å². The van der Waals surface area contributed by atoms with Crippen molar-refractivity contribution in [2.24, 2.45) is 5.41 Å².